The highest BCUT2D eigenvalue weighted by molar-refractivity contribution is 5.65. The molecule has 0 unspecified atom stereocenters. The van der Waals surface area contributed by atoms with Crippen LogP contribution in [-0.2, 0) is 0 Å². The quantitative estimate of drug-likeness (QED) is 0.730. The minimum Gasteiger partial charge on any atom is -0.399 e. The van der Waals surface area contributed by atoms with Crippen LogP contribution in [0.5, 0.6) is 0 Å². The van der Waals surface area contributed by atoms with E-state index in [1.165, 1.54) is 16.8 Å². The molecule has 0 amide bonds. The molecule has 2 heterocycles. The number of hydrogen-bond donors (Lipinski definition) is 1. The molecule has 102 valence electrons. The number of aromatic nitrogens is 3. The molecule has 0 saturated carbocycles. The Hall–Kier alpha value is -2.50. The van der Waals surface area contributed by atoms with E-state index in [1.54, 1.807) is 18.2 Å². The lowest BCUT2D eigenvalue weighted by Crippen LogP contribution is -2.02. The van der Waals surface area contributed by atoms with Gasteiger partial charge in [0.25, 0.3) is 6.43 Å². The number of nitrogen functional groups attached to an aromatic ring is 1. The van der Waals surface area contributed by atoms with Gasteiger partial charge in [0.15, 0.2) is 5.82 Å². The molecule has 3 rings (SSSR count). The van der Waals surface area contributed by atoms with E-state index in [4.69, 9.17) is 5.73 Å². The molecule has 0 aliphatic carbocycles. The SMILES string of the molecule is Cc1ccc(N)cc1-c1ncc2ccc(C(F)F)n2n1. The third-order valence-corrected chi connectivity index (χ3v) is 3.15. The summed E-state index contributed by atoms with van der Waals surface area (Å²) < 4.78 is 27.0. The van der Waals surface area contributed by atoms with Crippen LogP contribution in [0.15, 0.2) is 36.5 Å². The van der Waals surface area contributed by atoms with Crippen LogP contribution >= 0.6 is 0 Å². The van der Waals surface area contributed by atoms with Gasteiger partial charge < -0.3 is 5.73 Å². The van der Waals surface area contributed by atoms with Crippen molar-refractivity contribution in [1.82, 2.24) is 14.6 Å². The summed E-state index contributed by atoms with van der Waals surface area (Å²) >= 11 is 0. The highest BCUT2D eigenvalue weighted by Crippen LogP contribution is 2.25. The molecule has 1 aromatic carbocycles. The van der Waals surface area contributed by atoms with Crippen molar-refractivity contribution in [2.45, 2.75) is 13.3 Å². The molecule has 20 heavy (non-hydrogen) atoms. The summed E-state index contributed by atoms with van der Waals surface area (Å²) in [6.45, 7) is 1.89. The van der Waals surface area contributed by atoms with E-state index in [2.05, 4.69) is 10.1 Å². The molecule has 0 aliphatic heterocycles. The number of fused-ring (bicyclic) bond motifs is 1. The van der Waals surface area contributed by atoms with Gasteiger partial charge in [-0.05, 0) is 36.8 Å². The number of anilines is 1. The summed E-state index contributed by atoms with van der Waals surface area (Å²) in [4.78, 5) is 4.22. The smallest absolute Gasteiger partial charge is 0.280 e. The first-order valence-corrected chi connectivity index (χ1v) is 6.05. The predicted octanol–water partition coefficient (Wildman–Crippen LogP) is 3.22. The maximum Gasteiger partial charge on any atom is 0.280 e. The third-order valence-electron chi connectivity index (χ3n) is 3.15. The average Bonchev–Trinajstić information content (AvgIpc) is 2.84. The number of aryl methyl sites for hydroxylation is 1. The molecule has 0 saturated heterocycles. The number of hydrogen-bond acceptors (Lipinski definition) is 3. The van der Waals surface area contributed by atoms with Crippen molar-refractivity contribution in [3.63, 3.8) is 0 Å². The molecule has 6 heteroatoms. The number of nitrogens with zero attached hydrogens (tertiary/aromatic N) is 3. The second kappa shape index (κ2) is 4.56. The zero-order valence-electron chi connectivity index (χ0n) is 10.7. The Morgan fingerprint density at radius 2 is 2.00 bits per heavy atom. The second-order valence-electron chi connectivity index (χ2n) is 4.55. The van der Waals surface area contributed by atoms with Crippen molar-refractivity contribution in [1.29, 1.82) is 0 Å². The van der Waals surface area contributed by atoms with E-state index >= 15 is 0 Å². The number of halogens is 2. The van der Waals surface area contributed by atoms with Crippen molar-refractivity contribution < 1.29 is 8.78 Å². The van der Waals surface area contributed by atoms with Crippen molar-refractivity contribution in [2.24, 2.45) is 0 Å². The first-order valence-electron chi connectivity index (χ1n) is 6.05. The minimum atomic E-state index is -2.58. The van der Waals surface area contributed by atoms with Crippen LogP contribution in [0.2, 0.25) is 0 Å². The van der Waals surface area contributed by atoms with Gasteiger partial charge in [-0.25, -0.2) is 18.3 Å². The maximum absolute atomic E-state index is 12.9. The molecule has 0 spiro atoms. The molecule has 0 fully saturated rings. The Labute approximate surface area is 113 Å². The lowest BCUT2D eigenvalue weighted by Gasteiger charge is -2.07. The number of rotatable bonds is 2. The summed E-state index contributed by atoms with van der Waals surface area (Å²) in [6.07, 6.45) is -1.06. The zero-order valence-corrected chi connectivity index (χ0v) is 10.7. The van der Waals surface area contributed by atoms with E-state index in [1.807, 2.05) is 13.0 Å². The largest absolute Gasteiger partial charge is 0.399 e. The van der Waals surface area contributed by atoms with Crippen LogP contribution in [0.4, 0.5) is 14.5 Å². The van der Waals surface area contributed by atoms with Gasteiger partial charge in [-0.2, -0.15) is 0 Å². The Morgan fingerprint density at radius 3 is 2.75 bits per heavy atom. The highest BCUT2D eigenvalue weighted by Gasteiger charge is 2.15. The van der Waals surface area contributed by atoms with E-state index in [0.717, 1.165) is 11.1 Å². The standard InChI is InChI=1S/C14H12F2N4/c1-8-2-3-9(17)6-11(8)14-18-7-10-4-5-12(13(15)16)20(10)19-14/h2-7,13H,17H2,1H3. The van der Waals surface area contributed by atoms with Gasteiger partial charge in [-0.1, -0.05) is 6.07 Å². The van der Waals surface area contributed by atoms with Crippen LogP contribution < -0.4 is 5.73 Å². The first-order chi connectivity index (χ1) is 9.56. The van der Waals surface area contributed by atoms with E-state index < -0.39 is 6.43 Å². The summed E-state index contributed by atoms with van der Waals surface area (Å²) in [5.74, 6) is 0.375. The van der Waals surface area contributed by atoms with Gasteiger partial charge in [-0.3, -0.25) is 0 Å². The van der Waals surface area contributed by atoms with E-state index in [-0.39, 0.29) is 5.69 Å². The topological polar surface area (TPSA) is 56.2 Å². The Kier molecular flexibility index (Phi) is 2.85. The summed E-state index contributed by atoms with van der Waals surface area (Å²) in [6, 6.07) is 8.28. The van der Waals surface area contributed by atoms with E-state index in [9.17, 15) is 8.78 Å². The normalized spacial score (nSPS) is 11.4. The molecule has 3 aromatic rings. The van der Waals surface area contributed by atoms with Crippen LogP contribution in [0.25, 0.3) is 16.9 Å². The number of benzene rings is 1. The maximum atomic E-state index is 12.9. The molecule has 2 aromatic heterocycles. The molecule has 0 atom stereocenters. The molecule has 0 radical (unpaired) electrons. The minimum absolute atomic E-state index is 0.148. The van der Waals surface area contributed by atoms with Crippen molar-refractivity contribution in [3.05, 3.63) is 47.8 Å². The first kappa shape index (κ1) is 12.5. The Morgan fingerprint density at radius 1 is 1.20 bits per heavy atom. The zero-order chi connectivity index (χ0) is 14.3. The Balaban J connectivity index is 2.21. The van der Waals surface area contributed by atoms with Crippen LogP contribution in [-0.4, -0.2) is 14.6 Å². The van der Waals surface area contributed by atoms with Gasteiger partial charge >= 0.3 is 0 Å². The van der Waals surface area contributed by atoms with Gasteiger partial charge in [0.05, 0.1) is 11.7 Å². The van der Waals surface area contributed by atoms with Gasteiger partial charge in [0.1, 0.15) is 5.69 Å². The van der Waals surface area contributed by atoms with Crippen molar-refractivity contribution in [2.75, 3.05) is 5.73 Å². The fourth-order valence-electron chi connectivity index (χ4n) is 2.09. The van der Waals surface area contributed by atoms with Crippen LogP contribution in [0.3, 0.4) is 0 Å². The third kappa shape index (κ3) is 1.99. The lowest BCUT2D eigenvalue weighted by atomic mass is 10.1. The van der Waals surface area contributed by atoms with Crippen LogP contribution in [0, 0.1) is 6.92 Å². The molecule has 0 bridgehead atoms. The van der Waals surface area contributed by atoms with E-state index in [0.29, 0.717) is 17.0 Å². The Bertz CT molecular complexity index is 780. The van der Waals surface area contributed by atoms with Crippen molar-refractivity contribution in [3.8, 4) is 11.4 Å². The molecule has 2 N–H and O–H groups in total. The van der Waals surface area contributed by atoms with Crippen molar-refractivity contribution >= 4 is 11.2 Å². The number of nitrogens with two attached hydrogens (primary N) is 1. The van der Waals surface area contributed by atoms with Gasteiger partial charge in [-0.15, -0.1) is 5.10 Å². The second-order valence-corrected chi connectivity index (χ2v) is 4.55. The fourth-order valence-corrected chi connectivity index (χ4v) is 2.09. The highest BCUT2D eigenvalue weighted by atomic mass is 19.3. The summed E-state index contributed by atoms with van der Waals surface area (Å²) in [5, 5.41) is 4.20. The lowest BCUT2D eigenvalue weighted by molar-refractivity contribution is 0.144. The monoisotopic (exact) mass is 274 g/mol. The number of alkyl halides is 2. The molecule has 0 aliphatic rings. The van der Waals surface area contributed by atoms with Crippen LogP contribution in [0.1, 0.15) is 17.7 Å². The molecule has 4 nitrogen and oxygen atoms in total. The molecular weight excluding hydrogens is 262 g/mol. The fraction of sp³-hybridized carbons (Fsp3) is 0.143. The van der Waals surface area contributed by atoms with Gasteiger partial charge in [0.2, 0.25) is 0 Å². The average molecular weight is 274 g/mol. The van der Waals surface area contributed by atoms with Gasteiger partial charge in [0, 0.05) is 11.3 Å². The predicted molar refractivity (Wildman–Crippen MR) is 72.5 cm³/mol. The summed E-state index contributed by atoms with van der Waals surface area (Å²) in [5.41, 5.74) is 8.39. The molecular formula is C14H12F2N4. The summed E-state index contributed by atoms with van der Waals surface area (Å²) in [7, 11) is 0.